The number of ether oxygens (including phenoxy) is 1. The minimum Gasteiger partial charge on any atom is -0.453 e. The van der Waals surface area contributed by atoms with Gasteiger partial charge in [0.05, 0.1) is 23.0 Å². The summed E-state index contributed by atoms with van der Waals surface area (Å²) in [6.45, 7) is 2.84. The summed E-state index contributed by atoms with van der Waals surface area (Å²) in [4.78, 5) is 29.0. The Kier molecular flexibility index (Phi) is 4.16. The molecule has 0 aliphatic carbocycles. The number of aromatic nitrogens is 2. The first kappa shape index (κ1) is 16.3. The zero-order chi connectivity index (χ0) is 18.1. The van der Waals surface area contributed by atoms with Gasteiger partial charge in [-0.3, -0.25) is 10.1 Å². The Morgan fingerprint density at radius 2 is 1.96 bits per heavy atom. The number of rotatable bonds is 5. The lowest BCUT2D eigenvalue weighted by Gasteiger charge is -2.12. The fourth-order valence-corrected chi connectivity index (χ4v) is 3.34. The van der Waals surface area contributed by atoms with Gasteiger partial charge < -0.3 is 9.30 Å². The van der Waals surface area contributed by atoms with E-state index in [1.54, 1.807) is 12.1 Å². The van der Waals surface area contributed by atoms with Crippen molar-refractivity contribution in [3.05, 3.63) is 59.7 Å². The molecule has 1 atom stereocenters. The zero-order valence-corrected chi connectivity index (χ0v) is 14.4. The van der Waals surface area contributed by atoms with Gasteiger partial charge in [0, 0.05) is 12.1 Å². The molecule has 0 spiro atoms. The van der Waals surface area contributed by atoms with Crippen LogP contribution in [0.1, 0.15) is 41.8 Å². The van der Waals surface area contributed by atoms with Gasteiger partial charge in [-0.15, -0.1) is 0 Å². The number of nitrogens with zero attached hydrogens (tertiary/aromatic N) is 2. The second-order valence-corrected chi connectivity index (χ2v) is 6.31. The molecule has 1 aliphatic rings. The first-order chi connectivity index (χ1) is 12.7. The number of hydrogen-bond acceptors (Lipinski definition) is 4. The second kappa shape index (κ2) is 6.63. The largest absolute Gasteiger partial charge is 0.453 e. The molecular weight excluding hydrogens is 330 g/mol. The number of cyclic esters (lactones) is 1. The summed E-state index contributed by atoms with van der Waals surface area (Å²) < 4.78 is 7.35. The third-order valence-corrected chi connectivity index (χ3v) is 4.50. The number of esters is 1. The van der Waals surface area contributed by atoms with Crippen molar-refractivity contribution in [2.24, 2.45) is 0 Å². The first-order valence-corrected chi connectivity index (χ1v) is 8.72. The van der Waals surface area contributed by atoms with Gasteiger partial charge in [0.15, 0.2) is 0 Å². The Hall–Kier alpha value is -3.15. The number of carbonyl (C=O) groups is 2. The molecular formula is C20H19N3O3. The summed E-state index contributed by atoms with van der Waals surface area (Å²) in [6.07, 6.45) is 0.442. The van der Waals surface area contributed by atoms with E-state index in [-0.39, 0.29) is 18.3 Å². The van der Waals surface area contributed by atoms with Gasteiger partial charge in [-0.25, -0.2) is 9.78 Å². The number of para-hydroxylation sites is 2. The summed E-state index contributed by atoms with van der Waals surface area (Å²) in [5.74, 6) is -0.0838. The Bertz CT molecular complexity index is 993. The summed E-state index contributed by atoms with van der Waals surface area (Å²) in [5.41, 5.74) is 3.12. The quantitative estimate of drug-likeness (QED) is 0.713. The molecule has 2 heterocycles. The van der Waals surface area contributed by atoms with Crippen LogP contribution < -0.4 is 5.32 Å². The van der Waals surface area contributed by atoms with E-state index in [2.05, 4.69) is 17.2 Å². The highest BCUT2D eigenvalue weighted by atomic mass is 16.5. The molecule has 132 valence electrons. The number of aryl methyl sites for hydroxylation is 1. The SMILES string of the molecule is CCCn1c(NC(=O)C[C@H]2OC(=O)c3ccccc32)nc2ccccc21. The van der Waals surface area contributed by atoms with Crippen molar-refractivity contribution in [2.45, 2.75) is 32.4 Å². The van der Waals surface area contributed by atoms with Crippen molar-refractivity contribution in [3.8, 4) is 0 Å². The Morgan fingerprint density at radius 1 is 1.19 bits per heavy atom. The average molecular weight is 349 g/mol. The first-order valence-electron chi connectivity index (χ1n) is 8.72. The van der Waals surface area contributed by atoms with Crippen LogP contribution in [0.2, 0.25) is 0 Å². The van der Waals surface area contributed by atoms with E-state index in [1.165, 1.54) is 0 Å². The molecule has 0 bridgehead atoms. The highest BCUT2D eigenvalue weighted by Crippen LogP contribution is 2.33. The summed E-state index contributed by atoms with van der Waals surface area (Å²) in [7, 11) is 0. The maximum atomic E-state index is 12.6. The monoisotopic (exact) mass is 349 g/mol. The summed E-state index contributed by atoms with van der Waals surface area (Å²) in [5, 5.41) is 2.88. The van der Waals surface area contributed by atoms with E-state index in [0.29, 0.717) is 11.5 Å². The van der Waals surface area contributed by atoms with Gasteiger partial charge in [0.25, 0.3) is 0 Å². The van der Waals surface area contributed by atoms with Crippen LogP contribution in [0.15, 0.2) is 48.5 Å². The van der Waals surface area contributed by atoms with Crippen LogP contribution in [0.3, 0.4) is 0 Å². The van der Waals surface area contributed by atoms with Gasteiger partial charge in [-0.05, 0) is 24.6 Å². The molecule has 1 aromatic heterocycles. The number of fused-ring (bicyclic) bond motifs is 2. The predicted molar refractivity (Wildman–Crippen MR) is 97.9 cm³/mol. The molecule has 0 saturated heterocycles. The van der Waals surface area contributed by atoms with Crippen LogP contribution in [0.25, 0.3) is 11.0 Å². The van der Waals surface area contributed by atoms with Crippen molar-refractivity contribution in [3.63, 3.8) is 0 Å². The van der Waals surface area contributed by atoms with Crippen LogP contribution in [0.5, 0.6) is 0 Å². The number of benzene rings is 2. The number of nitrogens with one attached hydrogen (secondary N) is 1. The smallest absolute Gasteiger partial charge is 0.339 e. The van der Waals surface area contributed by atoms with Crippen LogP contribution in [0.4, 0.5) is 5.95 Å². The maximum Gasteiger partial charge on any atom is 0.339 e. The Morgan fingerprint density at radius 3 is 2.81 bits per heavy atom. The van der Waals surface area contributed by atoms with E-state index in [1.807, 2.05) is 41.0 Å². The highest BCUT2D eigenvalue weighted by molar-refractivity contribution is 5.96. The maximum absolute atomic E-state index is 12.6. The molecule has 6 nitrogen and oxygen atoms in total. The van der Waals surface area contributed by atoms with Crippen LogP contribution in [0, 0.1) is 0 Å². The molecule has 3 aromatic rings. The highest BCUT2D eigenvalue weighted by Gasteiger charge is 2.32. The van der Waals surface area contributed by atoms with E-state index in [4.69, 9.17) is 4.74 Å². The number of amides is 1. The fraction of sp³-hybridized carbons (Fsp3) is 0.250. The second-order valence-electron chi connectivity index (χ2n) is 6.31. The average Bonchev–Trinajstić information content (AvgIpc) is 3.14. The molecule has 0 radical (unpaired) electrons. The van der Waals surface area contributed by atoms with Gasteiger partial charge in [0.1, 0.15) is 6.10 Å². The Balaban J connectivity index is 1.55. The lowest BCUT2D eigenvalue weighted by Crippen LogP contribution is -2.18. The third-order valence-electron chi connectivity index (χ3n) is 4.50. The van der Waals surface area contributed by atoms with E-state index in [0.717, 1.165) is 29.6 Å². The molecule has 26 heavy (non-hydrogen) atoms. The molecule has 6 heteroatoms. The Labute approximate surface area is 150 Å². The molecule has 2 aromatic carbocycles. The van der Waals surface area contributed by atoms with Crippen molar-refractivity contribution in [1.82, 2.24) is 9.55 Å². The normalized spacial score (nSPS) is 15.7. The van der Waals surface area contributed by atoms with E-state index in [9.17, 15) is 9.59 Å². The zero-order valence-electron chi connectivity index (χ0n) is 14.4. The lowest BCUT2D eigenvalue weighted by atomic mass is 10.0. The van der Waals surface area contributed by atoms with Crippen molar-refractivity contribution >= 4 is 28.9 Å². The van der Waals surface area contributed by atoms with Gasteiger partial charge in [0.2, 0.25) is 11.9 Å². The molecule has 0 saturated carbocycles. The number of anilines is 1. The molecule has 0 fully saturated rings. The third kappa shape index (κ3) is 2.83. The van der Waals surface area contributed by atoms with Gasteiger partial charge in [-0.2, -0.15) is 0 Å². The minimum absolute atomic E-state index is 0.0675. The van der Waals surface area contributed by atoms with Crippen LogP contribution >= 0.6 is 0 Å². The molecule has 4 rings (SSSR count). The summed E-state index contributed by atoms with van der Waals surface area (Å²) in [6, 6.07) is 15.0. The van der Waals surface area contributed by atoms with Crippen molar-refractivity contribution < 1.29 is 14.3 Å². The molecule has 1 N–H and O–H groups in total. The fourth-order valence-electron chi connectivity index (χ4n) is 3.34. The van der Waals surface area contributed by atoms with E-state index < -0.39 is 6.10 Å². The molecule has 1 amide bonds. The minimum atomic E-state index is -0.553. The molecule has 1 aliphatic heterocycles. The van der Waals surface area contributed by atoms with Gasteiger partial charge in [-0.1, -0.05) is 37.3 Å². The summed E-state index contributed by atoms with van der Waals surface area (Å²) >= 11 is 0. The molecule has 0 unspecified atom stereocenters. The van der Waals surface area contributed by atoms with Crippen molar-refractivity contribution in [2.75, 3.05) is 5.32 Å². The van der Waals surface area contributed by atoms with Crippen molar-refractivity contribution in [1.29, 1.82) is 0 Å². The topological polar surface area (TPSA) is 73.2 Å². The standard InChI is InChI=1S/C20H19N3O3/c1-2-11-23-16-10-6-5-9-15(16)21-20(23)22-18(24)12-17-13-7-3-4-8-14(13)19(25)26-17/h3-10,17H,2,11-12H2,1H3,(H,21,22,24)/t17-/m1/s1. The number of carbonyl (C=O) groups excluding carboxylic acids is 2. The van der Waals surface area contributed by atoms with Gasteiger partial charge >= 0.3 is 5.97 Å². The van der Waals surface area contributed by atoms with E-state index >= 15 is 0 Å². The van der Waals surface area contributed by atoms with Crippen LogP contribution in [-0.2, 0) is 16.1 Å². The lowest BCUT2D eigenvalue weighted by molar-refractivity contribution is -0.118. The number of imidazole rings is 1. The predicted octanol–water partition coefficient (Wildman–Crippen LogP) is 3.69. The van der Waals surface area contributed by atoms with Crippen LogP contribution in [-0.4, -0.2) is 21.4 Å². The number of hydrogen-bond donors (Lipinski definition) is 1.